The molecule has 1 aliphatic heterocycles. The van der Waals surface area contributed by atoms with Crippen molar-refractivity contribution < 1.29 is 16.8 Å². The molecule has 0 radical (unpaired) electrons. The molecule has 0 saturated carbocycles. The molecule has 0 saturated heterocycles. The Balaban J connectivity index is 2.33. The Morgan fingerprint density at radius 2 is 1.60 bits per heavy atom. The highest BCUT2D eigenvalue weighted by Gasteiger charge is 2.26. The van der Waals surface area contributed by atoms with Crippen LogP contribution in [0.1, 0.15) is 13.3 Å². The molecule has 0 bridgehead atoms. The van der Waals surface area contributed by atoms with Gasteiger partial charge in [0.05, 0.1) is 9.79 Å². The van der Waals surface area contributed by atoms with E-state index in [4.69, 9.17) is 5.14 Å². The monoisotopic (exact) mass is 316 g/mol. The average Bonchev–Trinajstić information content (AvgIpc) is 2.38. The average molecular weight is 316 g/mol. The highest BCUT2D eigenvalue weighted by atomic mass is 32.2. The third-order valence-corrected chi connectivity index (χ3v) is 5.88. The normalized spacial score (nSPS) is 17.8. The molecule has 0 aliphatic carbocycles. The summed E-state index contributed by atoms with van der Waals surface area (Å²) in [5.41, 5.74) is 1.00. The fourth-order valence-corrected chi connectivity index (χ4v) is 4.05. The predicted molar refractivity (Wildman–Crippen MR) is 74.9 cm³/mol. The molecular weight excluding hydrogens is 300 g/mol. The van der Waals surface area contributed by atoms with Gasteiger partial charge < -0.3 is 0 Å². The number of hydrogen-bond donors (Lipinski definition) is 1. The molecule has 0 amide bonds. The van der Waals surface area contributed by atoms with Gasteiger partial charge in [0.15, 0.2) is 0 Å². The highest BCUT2D eigenvalue weighted by molar-refractivity contribution is 7.89. The van der Waals surface area contributed by atoms with Gasteiger partial charge in [0.1, 0.15) is 0 Å². The Labute approximate surface area is 119 Å². The van der Waals surface area contributed by atoms with Crippen LogP contribution in [0.5, 0.6) is 0 Å². The second-order valence-corrected chi connectivity index (χ2v) is 8.19. The summed E-state index contributed by atoms with van der Waals surface area (Å²) in [4.78, 5) is -0.0363. The number of nitrogens with two attached hydrogens (primary N) is 1. The Hall–Kier alpha value is -1.22. The minimum Gasteiger partial charge on any atom is -0.225 e. The van der Waals surface area contributed by atoms with Crippen LogP contribution in [0, 0.1) is 0 Å². The largest absolute Gasteiger partial charge is 0.243 e. The van der Waals surface area contributed by atoms with E-state index in [-0.39, 0.29) is 9.79 Å². The first-order valence-corrected chi connectivity index (χ1v) is 8.98. The molecular formula is C12H16N2O4S2. The van der Waals surface area contributed by atoms with Crippen molar-refractivity contribution in [2.75, 3.05) is 13.1 Å². The molecule has 20 heavy (non-hydrogen) atoms. The zero-order valence-electron chi connectivity index (χ0n) is 11.0. The van der Waals surface area contributed by atoms with Gasteiger partial charge in [-0.1, -0.05) is 11.6 Å². The van der Waals surface area contributed by atoms with Gasteiger partial charge in [0, 0.05) is 13.1 Å². The zero-order chi connectivity index (χ0) is 15.0. The highest BCUT2D eigenvalue weighted by Crippen LogP contribution is 2.21. The summed E-state index contributed by atoms with van der Waals surface area (Å²) in [5, 5.41) is 4.98. The summed E-state index contributed by atoms with van der Waals surface area (Å²) in [6, 6.07) is 4.94. The van der Waals surface area contributed by atoms with Gasteiger partial charge >= 0.3 is 0 Å². The van der Waals surface area contributed by atoms with Crippen LogP contribution in [0.3, 0.4) is 0 Å². The van der Waals surface area contributed by atoms with Crippen molar-refractivity contribution in [2.45, 2.75) is 23.1 Å². The molecule has 8 heteroatoms. The van der Waals surface area contributed by atoms with E-state index in [9.17, 15) is 16.8 Å². The van der Waals surface area contributed by atoms with Gasteiger partial charge in [-0.2, -0.15) is 4.31 Å². The maximum absolute atomic E-state index is 12.4. The molecule has 0 atom stereocenters. The van der Waals surface area contributed by atoms with Crippen LogP contribution in [0.25, 0.3) is 0 Å². The number of rotatable bonds is 3. The van der Waals surface area contributed by atoms with Crippen LogP contribution in [-0.2, 0) is 20.0 Å². The fourth-order valence-electron chi connectivity index (χ4n) is 2.03. The number of sulfonamides is 2. The van der Waals surface area contributed by atoms with E-state index in [0.717, 1.165) is 5.57 Å². The van der Waals surface area contributed by atoms with Crippen molar-refractivity contribution in [3.8, 4) is 0 Å². The molecule has 1 aromatic carbocycles. The maximum Gasteiger partial charge on any atom is 0.243 e. The third kappa shape index (κ3) is 3.09. The first kappa shape index (κ1) is 15.2. The maximum atomic E-state index is 12.4. The Bertz CT molecular complexity index is 734. The van der Waals surface area contributed by atoms with E-state index >= 15 is 0 Å². The van der Waals surface area contributed by atoms with E-state index in [0.29, 0.717) is 19.5 Å². The third-order valence-electron chi connectivity index (χ3n) is 3.09. The van der Waals surface area contributed by atoms with Gasteiger partial charge in [-0.05, 0) is 37.6 Å². The summed E-state index contributed by atoms with van der Waals surface area (Å²) >= 11 is 0. The van der Waals surface area contributed by atoms with E-state index in [2.05, 4.69) is 0 Å². The smallest absolute Gasteiger partial charge is 0.225 e. The predicted octanol–water partition coefficient (Wildman–Crippen LogP) is 0.675. The van der Waals surface area contributed by atoms with Crippen LogP contribution in [0.4, 0.5) is 0 Å². The van der Waals surface area contributed by atoms with E-state index < -0.39 is 20.0 Å². The van der Waals surface area contributed by atoms with Crippen LogP contribution in [0.2, 0.25) is 0 Å². The lowest BCUT2D eigenvalue weighted by molar-refractivity contribution is 0.428. The van der Waals surface area contributed by atoms with Crippen LogP contribution >= 0.6 is 0 Å². The summed E-state index contributed by atoms with van der Waals surface area (Å²) in [5.74, 6) is 0. The number of benzene rings is 1. The number of primary sulfonamides is 1. The lowest BCUT2D eigenvalue weighted by atomic mass is 10.2. The Morgan fingerprint density at radius 3 is 2.10 bits per heavy atom. The van der Waals surface area contributed by atoms with Crippen molar-refractivity contribution in [1.82, 2.24) is 4.31 Å². The van der Waals surface area contributed by atoms with Gasteiger partial charge in [0.2, 0.25) is 20.0 Å². The van der Waals surface area contributed by atoms with Crippen molar-refractivity contribution >= 4 is 20.0 Å². The van der Waals surface area contributed by atoms with Gasteiger partial charge in [-0.25, -0.2) is 22.0 Å². The minimum absolute atomic E-state index is 0.0691. The topological polar surface area (TPSA) is 97.5 Å². The number of nitrogens with zero attached hydrogens (tertiary/aromatic N) is 1. The van der Waals surface area contributed by atoms with Crippen molar-refractivity contribution in [3.63, 3.8) is 0 Å². The van der Waals surface area contributed by atoms with E-state index in [1.54, 1.807) is 0 Å². The molecule has 6 nitrogen and oxygen atoms in total. The molecule has 0 aromatic heterocycles. The molecule has 1 aromatic rings. The first-order valence-electron chi connectivity index (χ1n) is 6.00. The second-order valence-electron chi connectivity index (χ2n) is 4.69. The molecule has 0 fully saturated rings. The minimum atomic E-state index is -3.82. The van der Waals surface area contributed by atoms with Crippen molar-refractivity contribution in [2.24, 2.45) is 5.14 Å². The summed E-state index contributed by atoms with van der Waals surface area (Å²) < 4.78 is 48.5. The van der Waals surface area contributed by atoms with Gasteiger partial charge in [0.25, 0.3) is 0 Å². The SMILES string of the molecule is CC1=CCCN(S(=O)(=O)c2ccc(S(N)(=O)=O)cc2)C1. The quantitative estimate of drug-likeness (QED) is 0.829. The summed E-state index contributed by atoms with van der Waals surface area (Å²) in [7, 11) is -7.42. The number of hydrogen-bond acceptors (Lipinski definition) is 4. The molecule has 0 spiro atoms. The molecule has 0 unspecified atom stereocenters. The van der Waals surface area contributed by atoms with Crippen LogP contribution in [0.15, 0.2) is 45.7 Å². The second kappa shape index (κ2) is 5.28. The van der Waals surface area contributed by atoms with Gasteiger partial charge in [-0.15, -0.1) is 0 Å². The molecule has 1 aliphatic rings. The van der Waals surface area contributed by atoms with Crippen molar-refractivity contribution in [3.05, 3.63) is 35.9 Å². The molecule has 110 valence electrons. The lowest BCUT2D eigenvalue weighted by Gasteiger charge is -2.25. The zero-order valence-corrected chi connectivity index (χ0v) is 12.6. The molecule has 2 N–H and O–H groups in total. The molecule has 2 rings (SSSR count). The van der Waals surface area contributed by atoms with E-state index in [1.165, 1.54) is 28.6 Å². The van der Waals surface area contributed by atoms with Crippen LogP contribution < -0.4 is 5.14 Å². The lowest BCUT2D eigenvalue weighted by Crippen LogP contribution is -2.35. The van der Waals surface area contributed by atoms with Crippen molar-refractivity contribution in [1.29, 1.82) is 0 Å². The first-order chi connectivity index (χ1) is 9.21. The molecule has 1 heterocycles. The fraction of sp³-hybridized carbons (Fsp3) is 0.333. The van der Waals surface area contributed by atoms with Gasteiger partial charge in [-0.3, -0.25) is 0 Å². The van der Waals surface area contributed by atoms with E-state index in [1.807, 2.05) is 13.0 Å². The summed E-state index contributed by atoms with van der Waals surface area (Å²) in [6.07, 6.45) is 2.69. The summed E-state index contributed by atoms with van der Waals surface area (Å²) in [6.45, 7) is 2.67. The Morgan fingerprint density at radius 1 is 1.05 bits per heavy atom. The Kier molecular flexibility index (Phi) is 4.01. The van der Waals surface area contributed by atoms with Crippen LogP contribution in [-0.4, -0.2) is 34.2 Å². The standard InChI is InChI=1S/C12H16N2O4S2/c1-10-3-2-8-14(9-10)20(17,18)12-6-4-11(5-7-12)19(13,15)16/h3-7H,2,8-9H2,1H3,(H2,13,15,16).